The number of carbonyl (C=O) groups excluding carboxylic acids is 2. The number of hydrogen-bond donors (Lipinski definition) is 0. The standard InChI is InChI=1S/C22H26Cl2N2O2S/c1-3-5-10-25(20(27)4-2)14-21(28)26-11-8-19-17(9-12-29-19)22(26)16-7-6-15(23)13-18(16)24/h6-7,9,12-13,22H,3-5,8,10-11,14H2,1-2H3. The van der Waals surface area contributed by atoms with Gasteiger partial charge in [0.15, 0.2) is 0 Å². The van der Waals surface area contributed by atoms with Crippen LogP contribution >= 0.6 is 34.5 Å². The Hall–Kier alpha value is -1.56. The zero-order chi connectivity index (χ0) is 21.0. The largest absolute Gasteiger partial charge is 0.333 e. The second kappa shape index (κ2) is 9.96. The van der Waals surface area contributed by atoms with E-state index < -0.39 is 0 Å². The van der Waals surface area contributed by atoms with Crippen LogP contribution in [0.2, 0.25) is 10.0 Å². The van der Waals surface area contributed by atoms with Crippen molar-refractivity contribution in [3.05, 3.63) is 55.7 Å². The van der Waals surface area contributed by atoms with Gasteiger partial charge in [0.2, 0.25) is 11.8 Å². The first-order chi connectivity index (χ1) is 14.0. The van der Waals surface area contributed by atoms with Crippen LogP contribution in [0.5, 0.6) is 0 Å². The Morgan fingerprint density at radius 2 is 2.00 bits per heavy atom. The maximum absolute atomic E-state index is 13.4. The van der Waals surface area contributed by atoms with Crippen molar-refractivity contribution in [1.82, 2.24) is 9.80 Å². The van der Waals surface area contributed by atoms with E-state index in [1.54, 1.807) is 28.4 Å². The molecular weight excluding hydrogens is 427 g/mol. The molecule has 0 aliphatic carbocycles. The molecule has 7 heteroatoms. The molecule has 4 nitrogen and oxygen atoms in total. The number of unbranched alkanes of at least 4 members (excludes halogenated alkanes) is 1. The second-order valence-electron chi connectivity index (χ2n) is 7.23. The van der Waals surface area contributed by atoms with Gasteiger partial charge in [0.05, 0.1) is 12.6 Å². The highest BCUT2D eigenvalue weighted by atomic mass is 35.5. The molecule has 0 spiro atoms. The summed E-state index contributed by atoms with van der Waals surface area (Å²) >= 11 is 14.3. The lowest BCUT2D eigenvalue weighted by atomic mass is 9.93. The van der Waals surface area contributed by atoms with E-state index >= 15 is 0 Å². The van der Waals surface area contributed by atoms with Gasteiger partial charge >= 0.3 is 0 Å². The average molecular weight is 453 g/mol. The molecule has 2 amide bonds. The van der Waals surface area contributed by atoms with Gasteiger partial charge in [0, 0.05) is 34.4 Å². The molecule has 1 aliphatic rings. The second-order valence-corrected chi connectivity index (χ2v) is 9.07. The number of amides is 2. The van der Waals surface area contributed by atoms with Crippen molar-refractivity contribution >= 4 is 46.4 Å². The van der Waals surface area contributed by atoms with E-state index in [-0.39, 0.29) is 24.4 Å². The van der Waals surface area contributed by atoms with Gasteiger partial charge in [0.1, 0.15) is 0 Å². The molecule has 0 bridgehead atoms. The van der Waals surface area contributed by atoms with Gasteiger partial charge in [-0.2, -0.15) is 0 Å². The van der Waals surface area contributed by atoms with Crippen molar-refractivity contribution in [2.75, 3.05) is 19.6 Å². The van der Waals surface area contributed by atoms with Crippen molar-refractivity contribution in [3.8, 4) is 0 Å². The van der Waals surface area contributed by atoms with E-state index in [2.05, 4.69) is 18.4 Å². The van der Waals surface area contributed by atoms with Crippen LogP contribution in [0, 0.1) is 0 Å². The minimum Gasteiger partial charge on any atom is -0.333 e. The van der Waals surface area contributed by atoms with Gasteiger partial charge < -0.3 is 9.80 Å². The Labute approximate surface area is 186 Å². The summed E-state index contributed by atoms with van der Waals surface area (Å²) in [6, 6.07) is 7.23. The first-order valence-corrected chi connectivity index (χ1v) is 11.7. The fourth-order valence-electron chi connectivity index (χ4n) is 3.76. The minimum atomic E-state index is -0.257. The molecule has 0 N–H and O–H groups in total. The van der Waals surface area contributed by atoms with Gasteiger partial charge in [0.25, 0.3) is 0 Å². The number of nitrogens with zero attached hydrogens (tertiary/aromatic N) is 2. The predicted molar refractivity (Wildman–Crippen MR) is 120 cm³/mol. The highest BCUT2D eigenvalue weighted by molar-refractivity contribution is 7.10. The third-order valence-electron chi connectivity index (χ3n) is 5.31. The monoisotopic (exact) mass is 452 g/mol. The van der Waals surface area contributed by atoms with E-state index in [9.17, 15) is 9.59 Å². The Balaban J connectivity index is 1.91. The zero-order valence-corrected chi connectivity index (χ0v) is 19.1. The smallest absolute Gasteiger partial charge is 0.242 e. The van der Waals surface area contributed by atoms with Crippen LogP contribution in [-0.4, -0.2) is 41.2 Å². The number of carbonyl (C=O) groups is 2. The van der Waals surface area contributed by atoms with Crippen LogP contribution < -0.4 is 0 Å². The summed E-state index contributed by atoms with van der Waals surface area (Å²) in [6.07, 6.45) is 3.09. The van der Waals surface area contributed by atoms with Crippen LogP contribution in [-0.2, 0) is 16.0 Å². The molecule has 1 atom stereocenters. The number of thiophene rings is 1. The van der Waals surface area contributed by atoms with E-state index in [1.165, 1.54) is 4.88 Å². The molecule has 3 rings (SSSR count). The van der Waals surface area contributed by atoms with Crippen molar-refractivity contribution in [2.24, 2.45) is 0 Å². The lowest BCUT2D eigenvalue weighted by Gasteiger charge is -2.38. The lowest BCUT2D eigenvalue weighted by Crippen LogP contribution is -2.47. The normalized spacial score (nSPS) is 15.9. The summed E-state index contributed by atoms with van der Waals surface area (Å²) < 4.78 is 0. The Morgan fingerprint density at radius 3 is 2.69 bits per heavy atom. The van der Waals surface area contributed by atoms with Gasteiger partial charge in [-0.05, 0) is 47.5 Å². The Morgan fingerprint density at radius 1 is 1.21 bits per heavy atom. The predicted octanol–water partition coefficient (Wildman–Crippen LogP) is 5.57. The number of halogens is 2. The maximum Gasteiger partial charge on any atom is 0.242 e. The highest BCUT2D eigenvalue weighted by Crippen LogP contribution is 2.41. The third kappa shape index (κ3) is 4.96. The number of fused-ring (bicyclic) bond motifs is 1. The van der Waals surface area contributed by atoms with Crippen molar-refractivity contribution in [2.45, 2.75) is 45.6 Å². The van der Waals surface area contributed by atoms with Crippen LogP contribution in [0.1, 0.15) is 55.2 Å². The molecule has 1 aliphatic heterocycles. The van der Waals surface area contributed by atoms with E-state index in [1.807, 2.05) is 17.9 Å². The topological polar surface area (TPSA) is 40.6 Å². The molecule has 1 unspecified atom stereocenters. The molecule has 0 radical (unpaired) electrons. The molecule has 2 heterocycles. The number of hydrogen-bond acceptors (Lipinski definition) is 3. The van der Waals surface area contributed by atoms with Gasteiger partial charge in [-0.25, -0.2) is 0 Å². The fourth-order valence-corrected chi connectivity index (χ4v) is 5.18. The molecule has 0 saturated carbocycles. The Bertz CT molecular complexity index is 883. The molecule has 29 heavy (non-hydrogen) atoms. The molecule has 1 aromatic heterocycles. The van der Waals surface area contributed by atoms with Gasteiger partial charge in [-0.15, -0.1) is 11.3 Å². The lowest BCUT2D eigenvalue weighted by molar-refractivity contribution is -0.141. The summed E-state index contributed by atoms with van der Waals surface area (Å²) in [6.45, 7) is 5.24. The summed E-state index contributed by atoms with van der Waals surface area (Å²) in [4.78, 5) is 30.5. The van der Waals surface area contributed by atoms with Crippen molar-refractivity contribution in [1.29, 1.82) is 0 Å². The SMILES string of the molecule is CCCCN(CC(=O)N1CCc2sccc2C1c1ccc(Cl)cc1Cl)C(=O)CC. The molecule has 0 fully saturated rings. The maximum atomic E-state index is 13.4. The van der Waals surface area contributed by atoms with Crippen molar-refractivity contribution < 1.29 is 9.59 Å². The fraction of sp³-hybridized carbons (Fsp3) is 0.455. The summed E-state index contributed by atoms with van der Waals surface area (Å²) in [5.74, 6) is -0.0307. The highest BCUT2D eigenvalue weighted by Gasteiger charge is 2.34. The van der Waals surface area contributed by atoms with Crippen LogP contribution in [0.4, 0.5) is 0 Å². The average Bonchev–Trinajstić information content (AvgIpc) is 3.19. The van der Waals surface area contributed by atoms with E-state index in [0.717, 1.165) is 30.4 Å². The van der Waals surface area contributed by atoms with E-state index in [0.29, 0.717) is 29.6 Å². The first-order valence-electron chi connectivity index (χ1n) is 10.0. The zero-order valence-electron chi connectivity index (χ0n) is 16.8. The molecule has 0 saturated heterocycles. The van der Waals surface area contributed by atoms with Crippen LogP contribution in [0.15, 0.2) is 29.6 Å². The van der Waals surface area contributed by atoms with Crippen molar-refractivity contribution in [3.63, 3.8) is 0 Å². The molecule has 156 valence electrons. The van der Waals surface area contributed by atoms with Crippen LogP contribution in [0.25, 0.3) is 0 Å². The molecule has 1 aromatic carbocycles. The minimum absolute atomic E-state index is 0.0149. The van der Waals surface area contributed by atoms with Crippen LogP contribution in [0.3, 0.4) is 0 Å². The Kier molecular flexibility index (Phi) is 7.60. The summed E-state index contributed by atoms with van der Waals surface area (Å²) in [5.41, 5.74) is 1.98. The summed E-state index contributed by atoms with van der Waals surface area (Å²) in [5, 5.41) is 3.17. The number of rotatable bonds is 7. The number of benzene rings is 1. The van der Waals surface area contributed by atoms with Gasteiger partial charge in [-0.1, -0.05) is 49.5 Å². The molecular formula is C22H26Cl2N2O2S. The quantitative estimate of drug-likeness (QED) is 0.550. The third-order valence-corrected chi connectivity index (χ3v) is 6.87. The van der Waals surface area contributed by atoms with Gasteiger partial charge in [-0.3, -0.25) is 9.59 Å². The summed E-state index contributed by atoms with van der Waals surface area (Å²) in [7, 11) is 0. The molecule has 2 aromatic rings. The van der Waals surface area contributed by atoms with E-state index in [4.69, 9.17) is 23.2 Å². The first kappa shape index (κ1) is 22.1.